The summed E-state index contributed by atoms with van der Waals surface area (Å²) in [4.78, 5) is 14.3. The minimum absolute atomic E-state index is 0.0209. The number of nitrogens with zero attached hydrogens (tertiary/aromatic N) is 1. The Hall–Kier alpha value is -1.39. The highest BCUT2D eigenvalue weighted by atomic mass is 16.1. The molecule has 0 aliphatic rings. The summed E-state index contributed by atoms with van der Waals surface area (Å²) in [6.07, 6.45) is 0.937. The van der Waals surface area contributed by atoms with E-state index in [1.54, 1.807) is 0 Å². The van der Waals surface area contributed by atoms with Gasteiger partial charge in [0.25, 0.3) is 0 Å². The molecule has 4 nitrogen and oxygen atoms in total. The Morgan fingerprint density at radius 3 is 2.40 bits per heavy atom. The molecule has 3 N–H and O–H groups in total. The van der Waals surface area contributed by atoms with Gasteiger partial charge < -0.3 is 16.0 Å². The van der Waals surface area contributed by atoms with Crippen LogP contribution in [0.3, 0.4) is 0 Å². The molecule has 112 valence electrons. The van der Waals surface area contributed by atoms with Crippen molar-refractivity contribution in [3.05, 3.63) is 35.9 Å². The van der Waals surface area contributed by atoms with Crippen molar-refractivity contribution < 1.29 is 4.79 Å². The Morgan fingerprint density at radius 2 is 1.85 bits per heavy atom. The van der Waals surface area contributed by atoms with Crippen LogP contribution in [0, 0.1) is 5.92 Å². The van der Waals surface area contributed by atoms with E-state index in [-0.39, 0.29) is 23.9 Å². The second kappa shape index (κ2) is 8.02. The number of benzene rings is 1. The van der Waals surface area contributed by atoms with Crippen molar-refractivity contribution in [1.82, 2.24) is 10.2 Å². The maximum Gasteiger partial charge on any atom is 0.224 e. The van der Waals surface area contributed by atoms with Crippen molar-refractivity contribution in [2.45, 2.75) is 32.4 Å². The molecule has 0 heterocycles. The van der Waals surface area contributed by atoms with Crippen LogP contribution in [0.1, 0.15) is 31.9 Å². The van der Waals surface area contributed by atoms with Crippen LogP contribution >= 0.6 is 0 Å². The summed E-state index contributed by atoms with van der Waals surface area (Å²) < 4.78 is 0. The molecule has 0 fully saturated rings. The molecule has 1 aromatic carbocycles. The highest BCUT2D eigenvalue weighted by molar-refractivity contribution is 5.79. The average Bonchev–Trinajstić information content (AvgIpc) is 2.44. The van der Waals surface area contributed by atoms with Gasteiger partial charge in [0.2, 0.25) is 5.91 Å². The summed E-state index contributed by atoms with van der Waals surface area (Å²) in [5.74, 6) is -0.216. The summed E-state index contributed by atoms with van der Waals surface area (Å²) >= 11 is 0. The topological polar surface area (TPSA) is 58.4 Å². The van der Waals surface area contributed by atoms with Crippen LogP contribution in [0.2, 0.25) is 0 Å². The molecule has 0 aromatic heterocycles. The van der Waals surface area contributed by atoms with Crippen molar-refractivity contribution in [2.24, 2.45) is 11.7 Å². The van der Waals surface area contributed by atoms with Crippen molar-refractivity contribution in [3.8, 4) is 0 Å². The van der Waals surface area contributed by atoms with Crippen molar-refractivity contribution in [2.75, 3.05) is 20.6 Å². The molecule has 0 spiro atoms. The van der Waals surface area contributed by atoms with Crippen molar-refractivity contribution in [1.29, 1.82) is 0 Å². The number of hydrogen-bond donors (Lipinski definition) is 2. The molecule has 0 aliphatic carbocycles. The van der Waals surface area contributed by atoms with E-state index in [0.717, 1.165) is 18.5 Å². The van der Waals surface area contributed by atoms with Crippen LogP contribution in [0.5, 0.6) is 0 Å². The Balaban J connectivity index is 2.50. The van der Waals surface area contributed by atoms with E-state index in [1.807, 2.05) is 58.3 Å². The Kier molecular flexibility index (Phi) is 6.68. The fourth-order valence-electron chi connectivity index (χ4n) is 2.03. The lowest BCUT2D eigenvalue weighted by atomic mass is 9.94. The minimum Gasteiger partial charge on any atom is -0.353 e. The van der Waals surface area contributed by atoms with E-state index in [0.29, 0.717) is 0 Å². The minimum atomic E-state index is -0.266. The quantitative estimate of drug-likeness (QED) is 0.798. The predicted octanol–water partition coefficient (Wildman–Crippen LogP) is 1.78. The van der Waals surface area contributed by atoms with Crippen LogP contribution in [0.25, 0.3) is 0 Å². The van der Waals surface area contributed by atoms with Gasteiger partial charge in [-0.1, -0.05) is 37.3 Å². The Bertz CT molecular complexity index is 405. The maximum atomic E-state index is 12.2. The second-order valence-corrected chi connectivity index (χ2v) is 5.73. The molecular weight excluding hydrogens is 250 g/mol. The van der Waals surface area contributed by atoms with Gasteiger partial charge in [0.05, 0.1) is 5.92 Å². The Morgan fingerprint density at radius 1 is 1.25 bits per heavy atom. The molecule has 0 radical (unpaired) electrons. The number of amides is 1. The van der Waals surface area contributed by atoms with E-state index >= 15 is 0 Å². The van der Waals surface area contributed by atoms with Crippen molar-refractivity contribution >= 4 is 5.91 Å². The Labute approximate surface area is 122 Å². The lowest BCUT2D eigenvalue weighted by molar-refractivity contribution is -0.125. The third-order valence-corrected chi connectivity index (χ3v) is 3.53. The molecule has 4 heteroatoms. The first-order valence-electron chi connectivity index (χ1n) is 7.17. The molecular formula is C16H27N3O. The van der Waals surface area contributed by atoms with E-state index in [4.69, 9.17) is 5.73 Å². The first kappa shape index (κ1) is 16.7. The van der Waals surface area contributed by atoms with Gasteiger partial charge in [0.1, 0.15) is 0 Å². The van der Waals surface area contributed by atoms with Gasteiger partial charge in [-0.2, -0.15) is 0 Å². The molecule has 1 amide bonds. The number of carbonyl (C=O) groups is 1. The number of rotatable bonds is 7. The summed E-state index contributed by atoms with van der Waals surface area (Å²) in [6, 6.07) is 9.66. The van der Waals surface area contributed by atoms with Crippen LogP contribution in [-0.4, -0.2) is 37.5 Å². The third kappa shape index (κ3) is 5.31. The van der Waals surface area contributed by atoms with Crippen LogP contribution in [0.15, 0.2) is 30.3 Å². The average molecular weight is 277 g/mol. The van der Waals surface area contributed by atoms with Crippen LogP contribution < -0.4 is 11.1 Å². The lowest BCUT2D eigenvalue weighted by Crippen LogP contribution is -2.41. The predicted molar refractivity (Wildman–Crippen MR) is 83.3 cm³/mol. The smallest absolute Gasteiger partial charge is 0.224 e. The zero-order valence-electron chi connectivity index (χ0n) is 13.0. The highest BCUT2D eigenvalue weighted by Gasteiger charge is 2.23. The first-order valence-corrected chi connectivity index (χ1v) is 7.17. The molecule has 1 rings (SSSR count). The number of nitrogens with one attached hydrogen (secondary N) is 1. The number of carbonyl (C=O) groups excluding carboxylic acids is 1. The first-order chi connectivity index (χ1) is 9.41. The summed E-state index contributed by atoms with van der Waals surface area (Å²) in [5, 5.41) is 3.04. The molecule has 0 aliphatic heterocycles. The van der Waals surface area contributed by atoms with Crippen LogP contribution in [-0.2, 0) is 4.79 Å². The van der Waals surface area contributed by atoms with E-state index in [9.17, 15) is 4.79 Å². The zero-order chi connectivity index (χ0) is 15.1. The van der Waals surface area contributed by atoms with E-state index < -0.39 is 0 Å². The van der Waals surface area contributed by atoms with Gasteiger partial charge >= 0.3 is 0 Å². The zero-order valence-corrected chi connectivity index (χ0v) is 13.0. The van der Waals surface area contributed by atoms with Gasteiger partial charge in [-0.15, -0.1) is 0 Å². The fraction of sp³-hybridized carbons (Fsp3) is 0.562. The van der Waals surface area contributed by atoms with Crippen molar-refractivity contribution in [3.63, 3.8) is 0 Å². The van der Waals surface area contributed by atoms with Gasteiger partial charge in [0.15, 0.2) is 0 Å². The lowest BCUT2D eigenvalue weighted by Gasteiger charge is -2.23. The summed E-state index contributed by atoms with van der Waals surface area (Å²) in [5.41, 5.74) is 7.16. The molecule has 20 heavy (non-hydrogen) atoms. The largest absolute Gasteiger partial charge is 0.353 e. The van der Waals surface area contributed by atoms with Crippen LogP contribution in [0.4, 0.5) is 0 Å². The normalized spacial score (nSPS) is 15.7. The SMILES string of the molecule is CC(CCN(C)C)NC(=O)C(C)C(N)c1ccccc1. The number of nitrogens with two attached hydrogens (primary N) is 1. The summed E-state index contributed by atoms with van der Waals surface area (Å²) in [7, 11) is 4.06. The van der Waals surface area contributed by atoms with E-state index in [1.165, 1.54) is 0 Å². The molecule has 0 saturated carbocycles. The molecule has 3 atom stereocenters. The van der Waals surface area contributed by atoms with Gasteiger partial charge in [-0.05, 0) is 39.5 Å². The summed E-state index contributed by atoms with van der Waals surface area (Å²) in [6.45, 7) is 4.87. The van der Waals surface area contributed by atoms with Gasteiger partial charge in [0, 0.05) is 12.1 Å². The van der Waals surface area contributed by atoms with Gasteiger partial charge in [-0.3, -0.25) is 4.79 Å². The maximum absolute atomic E-state index is 12.2. The monoisotopic (exact) mass is 277 g/mol. The highest BCUT2D eigenvalue weighted by Crippen LogP contribution is 2.19. The molecule has 1 aromatic rings. The number of hydrogen-bond acceptors (Lipinski definition) is 3. The molecule has 0 bridgehead atoms. The molecule has 3 unspecified atom stereocenters. The van der Waals surface area contributed by atoms with E-state index in [2.05, 4.69) is 10.2 Å². The third-order valence-electron chi connectivity index (χ3n) is 3.53. The molecule has 0 saturated heterocycles. The fourth-order valence-corrected chi connectivity index (χ4v) is 2.03. The second-order valence-electron chi connectivity index (χ2n) is 5.73. The standard InChI is InChI=1S/C16H27N3O/c1-12(10-11-19(3)4)18-16(20)13(2)15(17)14-8-6-5-7-9-14/h5-9,12-13,15H,10-11,17H2,1-4H3,(H,18,20). The van der Waals surface area contributed by atoms with Gasteiger partial charge in [-0.25, -0.2) is 0 Å².